The number of anilines is 1. The minimum absolute atomic E-state index is 0.242. The Morgan fingerprint density at radius 1 is 1.33 bits per heavy atom. The largest absolute Gasteiger partial charge is 0.324 e. The predicted octanol–water partition coefficient (Wildman–Crippen LogP) is 0.685. The standard InChI is InChI=1S/C9H11N3O2S/c1-6-3-4-7-8(5-6)15(13,14)12-9(10-2)11-7/h3-5H,1-2H3,(H2,10,11,12). The monoisotopic (exact) mass is 225 g/mol. The Morgan fingerprint density at radius 3 is 2.73 bits per heavy atom. The first-order chi connectivity index (χ1) is 7.03. The van der Waals surface area contributed by atoms with E-state index in [1.807, 2.05) is 13.0 Å². The summed E-state index contributed by atoms with van der Waals surface area (Å²) in [6.45, 7) is 1.85. The Kier molecular flexibility index (Phi) is 2.15. The van der Waals surface area contributed by atoms with Crippen LogP contribution in [-0.4, -0.2) is 21.4 Å². The van der Waals surface area contributed by atoms with Crippen LogP contribution in [-0.2, 0) is 10.0 Å². The van der Waals surface area contributed by atoms with Gasteiger partial charge in [0.2, 0.25) is 5.96 Å². The van der Waals surface area contributed by atoms with Crippen molar-refractivity contribution < 1.29 is 8.42 Å². The number of aliphatic imine (C=N–C) groups is 1. The van der Waals surface area contributed by atoms with Crippen molar-refractivity contribution in [2.75, 3.05) is 12.4 Å². The van der Waals surface area contributed by atoms with Crippen LogP contribution in [0.5, 0.6) is 0 Å². The third kappa shape index (κ3) is 1.68. The molecular weight excluding hydrogens is 214 g/mol. The fraction of sp³-hybridized carbons (Fsp3) is 0.222. The Hall–Kier alpha value is -1.56. The third-order valence-corrected chi connectivity index (χ3v) is 3.51. The van der Waals surface area contributed by atoms with Crippen molar-refractivity contribution in [1.82, 2.24) is 4.72 Å². The molecule has 1 aliphatic heterocycles. The summed E-state index contributed by atoms with van der Waals surface area (Å²) in [6.07, 6.45) is 0. The lowest BCUT2D eigenvalue weighted by molar-refractivity contribution is 0.591. The summed E-state index contributed by atoms with van der Waals surface area (Å²) >= 11 is 0. The van der Waals surface area contributed by atoms with Crippen molar-refractivity contribution in [2.45, 2.75) is 11.8 Å². The summed E-state index contributed by atoms with van der Waals surface area (Å²) in [5.74, 6) is 0.242. The first-order valence-corrected chi connectivity index (χ1v) is 5.88. The maximum absolute atomic E-state index is 11.8. The molecule has 0 fully saturated rings. The lowest BCUT2D eigenvalue weighted by Crippen LogP contribution is -2.40. The molecule has 0 aliphatic carbocycles. The van der Waals surface area contributed by atoms with Gasteiger partial charge in [-0.1, -0.05) is 6.07 Å². The molecule has 0 aromatic heterocycles. The number of aryl methyl sites for hydroxylation is 1. The van der Waals surface area contributed by atoms with Crippen LogP contribution >= 0.6 is 0 Å². The van der Waals surface area contributed by atoms with E-state index in [4.69, 9.17) is 0 Å². The van der Waals surface area contributed by atoms with Crippen molar-refractivity contribution >= 4 is 21.7 Å². The number of nitrogens with one attached hydrogen (secondary N) is 2. The molecule has 2 rings (SSSR count). The quantitative estimate of drug-likeness (QED) is 0.682. The van der Waals surface area contributed by atoms with Gasteiger partial charge >= 0.3 is 0 Å². The van der Waals surface area contributed by atoms with Gasteiger partial charge < -0.3 is 5.32 Å². The summed E-state index contributed by atoms with van der Waals surface area (Å²) in [5.41, 5.74) is 1.46. The normalized spacial score (nSPS) is 20.3. The lowest BCUT2D eigenvalue weighted by Gasteiger charge is -2.21. The second-order valence-corrected chi connectivity index (χ2v) is 4.95. The van der Waals surface area contributed by atoms with Gasteiger partial charge in [0.15, 0.2) is 0 Å². The minimum Gasteiger partial charge on any atom is -0.324 e. The Bertz CT molecular complexity index is 534. The highest BCUT2D eigenvalue weighted by molar-refractivity contribution is 7.90. The van der Waals surface area contributed by atoms with Crippen molar-refractivity contribution in [1.29, 1.82) is 0 Å². The molecule has 2 N–H and O–H groups in total. The van der Waals surface area contributed by atoms with Gasteiger partial charge in [0.1, 0.15) is 4.90 Å². The molecule has 0 unspecified atom stereocenters. The first-order valence-electron chi connectivity index (χ1n) is 4.40. The van der Waals surface area contributed by atoms with Crippen LogP contribution in [0.4, 0.5) is 5.69 Å². The van der Waals surface area contributed by atoms with Crippen molar-refractivity contribution in [3.63, 3.8) is 0 Å². The number of fused-ring (bicyclic) bond motifs is 1. The number of nitrogens with zero attached hydrogens (tertiary/aromatic N) is 1. The Morgan fingerprint density at radius 2 is 2.07 bits per heavy atom. The smallest absolute Gasteiger partial charge is 0.266 e. The molecular formula is C9H11N3O2S. The van der Waals surface area contributed by atoms with E-state index in [0.29, 0.717) is 5.69 Å². The number of guanidine groups is 1. The fourth-order valence-corrected chi connectivity index (χ4v) is 2.65. The second-order valence-electron chi connectivity index (χ2n) is 3.30. The summed E-state index contributed by atoms with van der Waals surface area (Å²) < 4.78 is 25.9. The average molecular weight is 225 g/mol. The molecule has 0 amide bonds. The molecule has 1 aromatic carbocycles. The molecule has 6 heteroatoms. The maximum atomic E-state index is 11.8. The van der Waals surface area contributed by atoms with Crippen LogP contribution < -0.4 is 10.0 Å². The number of sulfonamides is 1. The molecule has 1 aliphatic rings. The summed E-state index contributed by atoms with van der Waals surface area (Å²) in [6, 6.07) is 5.20. The van der Waals surface area contributed by atoms with Gasteiger partial charge in [-0.05, 0) is 24.6 Å². The second kappa shape index (κ2) is 3.23. The van der Waals surface area contributed by atoms with Crippen LogP contribution in [0.3, 0.4) is 0 Å². The highest BCUT2D eigenvalue weighted by Gasteiger charge is 2.25. The van der Waals surface area contributed by atoms with Crippen LogP contribution in [0.2, 0.25) is 0 Å². The molecule has 1 heterocycles. The molecule has 0 spiro atoms. The van der Waals surface area contributed by atoms with E-state index in [-0.39, 0.29) is 10.9 Å². The molecule has 0 saturated carbocycles. The van der Waals surface area contributed by atoms with Gasteiger partial charge in [0.05, 0.1) is 5.69 Å². The Labute approximate surface area is 88.3 Å². The maximum Gasteiger partial charge on any atom is 0.266 e. The number of benzene rings is 1. The molecule has 0 radical (unpaired) electrons. The van der Waals surface area contributed by atoms with Gasteiger partial charge in [0.25, 0.3) is 10.0 Å². The highest BCUT2D eigenvalue weighted by Crippen LogP contribution is 2.25. The topological polar surface area (TPSA) is 70.6 Å². The van der Waals surface area contributed by atoms with Crippen molar-refractivity contribution in [3.05, 3.63) is 23.8 Å². The minimum atomic E-state index is -3.47. The number of rotatable bonds is 0. The summed E-state index contributed by atoms with van der Waals surface area (Å²) in [5, 5.41) is 2.89. The van der Waals surface area contributed by atoms with Crippen LogP contribution in [0.1, 0.15) is 5.56 Å². The number of hydrogen-bond donors (Lipinski definition) is 2. The van der Waals surface area contributed by atoms with Gasteiger partial charge in [-0.25, -0.2) is 13.1 Å². The van der Waals surface area contributed by atoms with Gasteiger partial charge in [-0.2, -0.15) is 0 Å². The first kappa shape index (κ1) is 9.97. The zero-order chi connectivity index (χ0) is 11.1. The van der Waals surface area contributed by atoms with Gasteiger partial charge in [-0.3, -0.25) is 4.99 Å². The molecule has 5 nitrogen and oxygen atoms in total. The van der Waals surface area contributed by atoms with Gasteiger partial charge in [0, 0.05) is 7.05 Å². The molecule has 0 bridgehead atoms. The van der Waals surface area contributed by atoms with Crippen molar-refractivity contribution in [3.8, 4) is 0 Å². The van der Waals surface area contributed by atoms with E-state index in [2.05, 4.69) is 15.0 Å². The SMILES string of the molecule is CN=C1Nc2ccc(C)cc2S(=O)(=O)N1. The molecule has 0 atom stereocenters. The molecule has 15 heavy (non-hydrogen) atoms. The van der Waals surface area contributed by atoms with Crippen LogP contribution in [0.25, 0.3) is 0 Å². The average Bonchev–Trinajstić information content (AvgIpc) is 2.18. The van der Waals surface area contributed by atoms with E-state index < -0.39 is 10.0 Å². The van der Waals surface area contributed by atoms with E-state index in [9.17, 15) is 8.42 Å². The van der Waals surface area contributed by atoms with E-state index in [1.165, 1.54) is 7.05 Å². The Balaban J connectivity index is 2.66. The molecule has 0 saturated heterocycles. The van der Waals surface area contributed by atoms with E-state index in [0.717, 1.165) is 5.56 Å². The third-order valence-electron chi connectivity index (χ3n) is 2.13. The zero-order valence-electron chi connectivity index (χ0n) is 8.40. The number of hydrogen-bond acceptors (Lipinski definition) is 3. The van der Waals surface area contributed by atoms with Crippen LogP contribution in [0.15, 0.2) is 28.1 Å². The van der Waals surface area contributed by atoms with E-state index in [1.54, 1.807) is 12.1 Å². The summed E-state index contributed by atoms with van der Waals surface area (Å²) in [7, 11) is -1.95. The zero-order valence-corrected chi connectivity index (χ0v) is 9.22. The van der Waals surface area contributed by atoms with E-state index >= 15 is 0 Å². The summed E-state index contributed by atoms with van der Waals surface area (Å²) in [4.78, 5) is 4.04. The highest BCUT2D eigenvalue weighted by atomic mass is 32.2. The van der Waals surface area contributed by atoms with Gasteiger partial charge in [-0.15, -0.1) is 0 Å². The fourth-order valence-electron chi connectivity index (χ4n) is 1.39. The van der Waals surface area contributed by atoms with Crippen molar-refractivity contribution in [2.24, 2.45) is 4.99 Å². The molecule has 80 valence electrons. The van der Waals surface area contributed by atoms with Crippen LogP contribution in [0, 0.1) is 6.92 Å². The lowest BCUT2D eigenvalue weighted by atomic mass is 10.2. The molecule has 1 aromatic rings. The predicted molar refractivity (Wildman–Crippen MR) is 58.5 cm³/mol.